The number of benzene rings is 1. The lowest BCUT2D eigenvalue weighted by atomic mass is 10.2. The number of nitrogens with two attached hydrogens (primary N) is 1. The summed E-state index contributed by atoms with van der Waals surface area (Å²) in [5.41, 5.74) is 6.17. The van der Waals surface area contributed by atoms with Gasteiger partial charge in [-0.25, -0.2) is 4.98 Å². The van der Waals surface area contributed by atoms with Crippen LogP contribution in [0.5, 0.6) is 0 Å². The molecule has 0 atom stereocenters. The molecule has 0 saturated heterocycles. The molecule has 2 aromatic heterocycles. The number of carbonyl (C=O) groups excluding carboxylic acids is 1. The first kappa shape index (κ1) is 15.8. The second-order valence-corrected chi connectivity index (χ2v) is 6.87. The first-order chi connectivity index (χ1) is 11.1. The van der Waals surface area contributed by atoms with Crippen LogP contribution in [0.15, 0.2) is 46.3 Å². The van der Waals surface area contributed by atoms with Crippen molar-refractivity contribution in [2.45, 2.75) is 18.6 Å². The molecule has 0 radical (unpaired) electrons. The van der Waals surface area contributed by atoms with Crippen LogP contribution < -0.4 is 11.3 Å². The third kappa shape index (κ3) is 3.16. The number of thioether (sulfide) groups is 1. The Labute approximate surface area is 141 Å². The number of aromatic nitrogens is 2. The molecule has 2 heterocycles. The van der Waals surface area contributed by atoms with Gasteiger partial charge in [-0.3, -0.25) is 14.2 Å². The van der Waals surface area contributed by atoms with Crippen LogP contribution in [-0.2, 0) is 11.3 Å². The number of fused-ring (bicyclic) bond motifs is 1. The van der Waals surface area contributed by atoms with Gasteiger partial charge in [-0.15, -0.1) is 11.3 Å². The molecule has 118 valence electrons. The standard InChI is InChI=1S/C16H15N3O2S2/c1-2-19-15(21)11-8-12(10-6-4-3-5-7-10)23-14(11)18-16(19)22-9-13(17)20/h3-8H,2,9H2,1H3,(H2,17,20). The Kier molecular flexibility index (Phi) is 4.49. The van der Waals surface area contributed by atoms with Crippen molar-refractivity contribution in [3.63, 3.8) is 0 Å². The van der Waals surface area contributed by atoms with Crippen molar-refractivity contribution < 1.29 is 4.79 Å². The molecular weight excluding hydrogens is 330 g/mol. The zero-order valence-corrected chi connectivity index (χ0v) is 14.1. The Morgan fingerprint density at radius 3 is 2.74 bits per heavy atom. The van der Waals surface area contributed by atoms with E-state index in [-0.39, 0.29) is 11.3 Å². The monoisotopic (exact) mass is 345 g/mol. The summed E-state index contributed by atoms with van der Waals surface area (Å²) in [4.78, 5) is 29.9. The van der Waals surface area contributed by atoms with E-state index in [1.54, 1.807) is 4.57 Å². The van der Waals surface area contributed by atoms with Crippen LogP contribution >= 0.6 is 23.1 Å². The summed E-state index contributed by atoms with van der Waals surface area (Å²) in [5.74, 6) is -0.322. The third-order valence-electron chi connectivity index (χ3n) is 3.33. The first-order valence-electron chi connectivity index (χ1n) is 7.11. The SMILES string of the molecule is CCn1c(SCC(N)=O)nc2sc(-c3ccccc3)cc2c1=O. The van der Waals surface area contributed by atoms with Crippen molar-refractivity contribution in [2.75, 3.05) is 5.75 Å². The van der Waals surface area contributed by atoms with Crippen molar-refractivity contribution in [1.29, 1.82) is 0 Å². The van der Waals surface area contributed by atoms with E-state index < -0.39 is 5.91 Å². The van der Waals surface area contributed by atoms with Gasteiger partial charge in [0.05, 0.1) is 11.1 Å². The highest BCUT2D eigenvalue weighted by Crippen LogP contribution is 2.32. The van der Waals surface area contributed by atoms with E-state index in [4.69, 9.17) is 5.73 Å². The van der Waals surface area contributed by atoms with Gasteiger partial charge in [0.1, 0.15) is 4.83 Å². The zero-order valence-electron chi connectivity index (χ0n) is 12.5. The number of hydrogen-bond donors (Lipinski definition) is 1. The van der Waals surface area contributed by atoms with E-state index in [1.165, 1.54) is 23.1 Å². The summed E-state index contributed by atoms with van der Waals surface area (Å²) in [6.07, 6.45) is 0. The minimum absolute atomic E-state index is 0.0806. The topological polar surface area (TPSA) is 78.0 Å². The Balaban J connectivity index is 2.13. The molecule has 23 heavy (non-hydrogen) atoms. The molecule has 0 aliphatic rings. The van der Waals surface area contributed by atoms with Crippen LogP contribution in [0, 0.1) is 0 Å². The molecule has 7 heteroatoms. The van der Waals surface area contributed by atoms with E-state index in [0.29, 0.717) is 21.9 Å². The fourth-order valence-electron chi connectivity index (χ4n) is 2.27. The smallest absolute Gasteiger partial charge is 0.262 e. The van der Waals surface area contributed by atoms with Crippen molar-refractivity contribution in [3.05, 3.63) is 46.8 Å². The Morgan fingerprint density at radius 1 is 1.35 bits per heavy atom. The molecule has 3 aromatic rings. The summed E-state index contributed by atoms with van der Waals surface area (Å²) in [5, 5.41) is 1.14. The predicted molar refractivity (Wildman–Crippen MR) is 94.9 cm³/mol. The van der Waals surface area contributed by atoms with Crippen molar-refractivity contribution in [1.82, 2.24) is 9.55 Å². The Hall–Kier alpha value is -2.12. The van der Waals surface area contributed by atoms with Crippen LogP contribution in [0.25, 0.3) is 20.7 Å². The average molecular weight is 345 g/mol. The highest BCUT2D eigenvalue weighted by atomic mass is 32.2. The highest BCUT2D eigenvalue weighted by molar-refractivity contribution is 7.99. The number of rotatable bonds is 5. The van der Waals surface area contributed by atoms with Crippen molar-refractivity contribution in [2.24, 2.45) is 5.73 Å². The van der Waals surface area contributed by atoms with Crippen LogP contribution in [0.3, 0.4) is 0 Å². The Morgan fingerprint density at radius 2 is 2.09 bits per heavy atom. The quantitative estimate of drug-likeness (QED) is 0.570. The van der Waals surface area contributed by atoms with Gasteiger partial charge in [0, 0.05) is 11.4 Å². The summed E-state index contributed by atoms with van der Waals surface area (Å²) in [7, 11) is 0. The first-order valence-corrected chi connectivity index (χ1v) is 8.91. The second-order valence-electron chi connectivity index (χ2n) is 4.89. The molecule has 0 fully saturated rings. The fourth-order valence-corrected chi connectivity index (χ4v) is 4.15. The van der Waals surface area contributed by atoms with E-state index in [9.17, 15) is 9.59 Å². The van der Waals surface area contributed by atoms with Crippen LogP contribution in [0.1, 0.15) is 6.92 Å². The Bertz CT molecular complexity index is 916. The maximum absolute atomic E-state index is 12.7. The lowest BCUT2D eigenvalue weighted by Crippen LogP contribution is -2.23. The minimum Gasteiger partial charge on any atom is -0.369 e. The van der Waals surface area contributed by atoms with Gasteiger partial charge in [0.2, 0.25) is 5.91 Å². The molecule has 3 rings (SSSR count). The summed E-state index contributed by atoms with van der Waals surface area (Å²) < 4.78 is 1.58. The van der Waals surface area contributed by atoms with Crippen LogP contribution in [0.4, 0.5) is 0 Å². The van der Waals surface area contributed by atoms with Gasteiger partial charge in [-0.1, -0.05) is 42.1 Å². The van der Waals surface area contributed by atoms with E-state index in [1.807, 2.05) is 43.3 Å². The van der Waals surface area contributed by atoms with Gasteiger partial charge < -0.3 is 5.73 Å². The van der Waals surface area contributed by atoms with Crippen LogP contribution in [-0.4, -0.2) is 21.2 Å². The highest BCUT2D eigenvalue weighted by Gasteiger charge is 2.15. The molecule has 0 unspecified atom stereocenters. The molecule has 2 N–H and O–H groups in total. The fraction of sp³-hybridized carbons (Fsp3) is 0.188. The van der Waals surface area contributed by atoms with E-state index in [0.717, 1.165) is 10.4 Å². The number of amides is 1. The molecule has 0 aliphatic carbocycles. The van der Waals surface area contributed by atoms with Gasteiger partial charge in [0.25, 0.3) is 5.56 Å². The number of nitrogens with zero attached hydrogens (tertiary/aromatic N) is 2. The summed E-state index contributed by atoms with van der Waals surface area (Å²) in [6, 6.07) is 11.8. The molecule has 0 spiro atoms. The average Bonchev–Trinajstić information content (AvgIpc) is 2.98. The minimum atomic E-state index is -0.428. The largest absolute Gasteiger partial charge is 0.369 e. The van der Waals surface area contributed by atoms with E-state index in [2.05, 4.69) is 4.98 Å². The molecule has 1 amide bonds. The number of primary amides is 1. The molecular formula is C16H15N3O2S2. The lowest BCUT2D eigenvalue weighted by Gasteiger charge is -2.08. The maximum atomic E-state index is 12.7. The summed E-state index contributed by atoms with van der Waals surface area (Å²) >= 11 is 2.68. The van der Waals surface area contributed by atoms with Crippen molar-refractivity contribution in [3.8, 4) is 10.4 Å². The van der Waals surface area contributed by atoms with Gasteiger partial charge in [0.15, 0.2) is 5.16 Å². The summed E-state index contributed by atoms with van der Waals surface area (Å²) in [6.45, 7) is 2.38. The number of carbonyl (C=O) groups is 1. The lowest BCUT2D eigenvalue weighted by molar-refractivity contribution is -0.115. The number of hydrogen-bond acceptors (Lipinski definition) is 5. The molecule has 0 aliphatic heterocycles. The zero-order chi connectivity index (χ0) is 16.4. The predicted octanol–water partition coefficient (Wildman–Crippen LogP) is 2.72. The molecule has 0 bridgehead atoms. The van der Waals surface area contributed by atoms with Gasteiger partial charge in [-0.05, 0) is 18.6 Å². The normalized spacial score (nSPS) is 11.0. The maximum Gasteiger partial charge on any atom is 0.262 e. The number of thiophene rings is 1. The molecule has 1 aromatic carbocycles. The molecule has 0 saturated carbocycles. The third-order valence-corrected chi connectivity index (χ3v) is 5.41. The van der Waals surface area contributed by atoms with E-state index >= 15 is 0 Å². The molecule has 5 nitrogen and oxygen atoms in total. The van der Waals surface area contributed by atoms with Gasteiger partial charge >= 0.3 is 0 Å². The van der Waals surface area contributed by atoms with Crippen LogP contribution in [0.2, 0.25) is 0 Å². The van der Waals surface area contributed by atoms with Crippen molar-refractivity contribution >= 4 is 39.2 Å². The second kappa shape index (κ2) is 6.55. The van der Waals surface area contributed by atoms with Gasteiger partial charge in [-0.2, -0.15) is 0 Å².